The van der Waals surface area contributed by atoms with Gasteiger partial charge in [0.2, 0.25) is 0 Å². The molecule has 0 amide bonds. The number of aromatic nitrogens is 5. The maximum absolute atomic E-state index is 5.09. The Morgan fingerprint density at radius 1 is 0.286 bits per heavy atom. The lowest BCUT2D eigenvalue weighted by Crippen LogP contribution is -2.01. The number of benzene rings is 9. The monoisotopic (exact) mass is 821 g/mol. The average molecular weight is 822 g/mol. The van der Waals surface area contributed by atoms with Crippen molar-refractivity contribution in [2.45, 2.75) is 0 Å². The Balaban J connectivity index is 1.04. The fraction of sp³-hybridized carbons (Fsp3) is 0. The van der Waals surface area contributed by atoms with E-state index in [0.717, 1.165) is 33.6 Å². The molecule has 9 aromatic carbocycles. The smallest absolute Gasteiger partial charge is 0.164 e. The summed E-state index contributed by atoms with van der Waals surface area (Å²) in [5.41, 5.74) is 12.2. The predicted octanol–water partition coefficient (Wildman–Crippen LogP) is 15.1. The highest BCUT2D eigenvalue weighted by Crippen LogP contribution is 2.47. The highest BCUT2D eigenvalue weighted by Gasteiger charge is 2.22. The Morgan fingerprint density at radius 3 is 1.24 bits per heavy atom. The summed E-state index contributed by atoms with van der Waals surface area (Å²) < 4.78 is 7.44. The van der Waals surface area contributed by atoms with Crippen LogP contribution >= 0.6 is 11.3 Å². The molecule has 0 atom stereocenters. The molecule has 13 rings (SSSR count). The van der Waals surface area contributed by atoms with Gasteiger partial charge in [-0.3, -0.25) is 0 Å². The molecule has 0 aliphatic carbocycles. The van der Waals surface area contributed by atoms with Crippen molar-refractivity contribution in [3.05, 3.63) is 212 Å². The molecular formula is C57H35N5S. The lowest BCUT2D eigenvalue weighted by atomic mass is 10.1. The van der Waals surface area contributed by atoms with Crippen molar-refractivity contribution in [3.8, 4) is 56.7 Å². The Kier molecular flexibility index (Phi) is 8.01. The topological polar surface area (TPSA) is 48.5 Å². The molecule has 0 unspecified atom stereocenters. The van der Waals surface area contributed by atoms with Crippen LogP contribution in [0.25, 0.3) is 120 Å². The van der Waals surface area contributed by atoms with E-state index in [-0.39, 0.29) is 0 Å². The Bertz CT molecular complexity index is 3830. The molecule has 4 heterocycles. The minimum absolute atomic E-state index is 0.629. The third kappa shape index (κ3) is 5.66. The predicted molar refractivity (Wildman–Crippen MR) is 263 cm³/mol. The molecule has 0 aliphatic heterocycles. The van der Waals surface area contributed by atoms with Gasteiger partial charge < -0.3 is 9.13 Å². The summed E-state index contributed by atoms with van der Waals surface area (Å²) in [6.45, 7) is 0. The zero-order valence-corrected chi connectivity index (χ0v) is 34.7. The Labute approximate surface area is 366 Å². The number of nitrogens with zero attached hydrogens (tertiary/aromatic N) is 5. The van der Waals surface area contributed by atoms with Gasteiger partial charge in [-0.25, -0.2) is 15.0 Å². The second-order valence-corrected chi connectivity index (χ2v) is 17.0. The van der Waals surface area contributed by atoms with E-state index in [9.17, 15) is 0 Å². The molecule has 4 aromatic heterocycles. The van der Waals surface area contributed by atoms with Crippen LogP contribution in [0.5, 0.6) is 0 Å². The number of fused-ring (bicyclic) bond motifs is 11. The molecule has 5 nitrogen and oxygen atoms in total. The molecule has 6 heteroatoms. The van der Waals surface area contributed by atoms with Gasteiger partial charge in [0.25, 0.3) is 0 Å². The third-order valence-electron chi connectivity index (χ3n) is 12.4. The zero-order valence-electron chi connectivity index (χ0n) is 33.9. The molecule has 0 saturated heterocycles. The molecule has 0 radical (unpaired) electrons. The van der Waals surface area contributed by atoms with Gasteiger partial charge in [0, 0.05) is 60.4 Å². The zero-order chi connectivity index (χ0) is 41.4. The van der Waals surface area contributed by atoms with Crippen LogP contribution in [0.2, 0.25) is 0 Å². The Hall–Kier alpha value is -8.19. The van der Waals surface area contributed by atoms with Crippen molar-refractivity contribution in [3.63, 3.8) is 0 Å². The normalized spacial score (nSPS) is 11.8. The highest BCUT2D eigenvalue weighted by molar-refractivity contribution is 7.27. The van der Waals surface area contributed by atoms with Gasteiger partial charge >= 0.3 is 0 Å². The summed E-state index contributed by atoms with van der Waals surface area (Å²) >= 11 is 1.89. The van der Waals surface area contributed by atoms with Crippen LogP contribution in [0, 0.1) is 0 Å². The Morgan fingerprint density at radius 2 is 0.698 bits per heavy atom. The maximum atomic E-state index is 5.09. The third-order valence-corrected chi connectivity index (χ3v) is 13.6. The van der Waals surface area contributed by atoms with Crippen LogP contribution in [0.1, 0.15) is 0 Å². The van der Waals surface area contributed by atoms with Gasteiger partial charge in [-0.1, -0.05) is 176 Å². The first-order chi connectivity index (χ1) is 31.2. The molecular weight excluding hydrogens is 787 g/mol. The number of rotatable bonds is 6. The van der Waals surface area contributed by atoms with Crippen molar-refractivity contribution in [2.24, 2.45) is 0 Å². The van der Waals surface area contributed by atoms with Crippen molar-refractivity contribution in [1.82, 2.24) is 24.1 Å². The second kappa shape index (κ2) is 14.2. The maximum Gasteiger partial charge on any atom is 0.164 e. The molecule has 0 aliphatic rings. The number of thiophene rings is 1. The molecule has 294 valence electrons. The van der Waals surface area contributed by atoms with E-state index >= 15 is 0 Å². The summed E-state index contributed by atoms with van der Waals surface area (Å²) in [6, 6.07) is 75.5. The van der Waals surface area contributed by atoms with Crippen molar-refractivity contribution < 1.29 is 0 Å². The van der Waals surface area contributed by atoms with Gasteiger partial charge in [0.15, 0.2) is 17.5 Å². The number of para-hydroxylation sites is 2. The van der Waals surface area contributed by atoms with Crippen LogP contribution in [-0.4, -0.2) is 24.1 Å². The van der Waals surface area contributed by atoms with Crippen molar-refractivity contribution in [2.75, 3.05) is 0 Å². The van der Waals surface area contributed by atoms with E-state index < -0.39 is 0 Å². The van der Waals surface area contributed by atoms with E-state index in [1.54, 1.807) is 0 Å². The van der Waals surface area contributed by atoms with E-state index in [4.69, 9.17) is 15.0 Å². The largest absolute Gasteiger partial charge is 0.308 e. The molecule has 0 saturated carbocycles. The van der Waals surface area contributed by atoms with Gasteiger partial charge in [-0.2, -0.15) is 0 Å². The molecule has 0 N–H and O–H groups in total. The minimum Gasteiger partial charge on any atom is -0.308 e. The van der Waals surface area contributed by atoms with E-state index in [1.165, 1.54) is 69.4 Å². The molecule has 13 aromatic rings. The van der Waals surface area contributed by atoms with Crippen molar-refractivity contribution in [1.29, 1.82) is 0 Å². The molecule has 0 bridgehead atoms. The number of hydrogen-bond donors (Lipinski definition) is 0. The van der Waals surface area contributed by atoms with Gasteiger partial charge in [-0.05, 0) is 47.5 Å². The van der Waals surface area contributed by atoms with E-state index in [2.05, 4.69) is 161 Å². The first kappa shape index (κ1) is 35.6. The van der Waals surface area contributed by atoms with Crippen LogP contribution in [0.15, 0.2) is 212 Å². The average Bonchev–Trinajstić information content (AvgIpc) is 4.03. The van der Waals surface area contributed by atoms with E-state index in [1.807, 2.05) is 72.0 Å². The summed E-state index contributed by atoms with van der Waals surface area (Å²) in [4.78, 5) is 15.1. The number of hydrogen-bond acceptors (Lipinski definition) is 4. The van der Waals surface area contributed by atoms with Gasteiger partial charge in [0.05, 0.1) is 31.5 Å². The summed E-state index contributed by atoms with van der Waals surface area (Å²) in [5, 5.41) is 7.45. The van der Waals surface area contributed by atoms with Crippen LogP contribution < -0.4 is 0 Å². The fourth-order valence-electron chi connectivity index (χ4n) is 9.48. The van der Waals surface area contributed by atoms with Crippen LogP contribution in [-0.2, 0) is 0 Å². The van der Waals surface area contributed by atoms with Gasteiger partial charge in [0.1, 0.15) is 0 Å². The van der Waals surface area contributed by atoms with E-state index in [0.29, 0.717) is 17.5 Å². The van der Waals surface area contributed by atoms with Crippen LogP contribution in [0.3, 0.4) is 0 Å². The molecule has 0 spiro atoms. The minimum atomic E-state index is 0.629. The quantitative estimate of drug-likeness (QED) is 0.168. The summed E-state index contributed by atoms with van der Waals surface area (Å²) in [6.07, 6.45) is 0. The molecule has 0 fully saturated rings. The SMILES string of the molecule is c1ccc(-c2ccc(-n3c4ccccc4c4ccc5c6ccc7c8ccccc8n(-c8cccc(-c9nc(-c%10ccccc%10)nc(-c%10ccccc%10)n9)c8)c7c6sc5c43)cc2)cc1. The first-order valence-corrected chi connectivity index (χ1v) is 22.0. The summed E-state index contributed by atoms with van der Waals surface area (Å²) in [5.74, 6) is 1.92. The standard InChI is InChI=1S/C57H35N5S/c1-4-15-36(16-5-1)37-27-29-41(30-28-37)61-49-25-12-10-23-43(49)45-31-33-47-48-34-32-46-44-24-11-13-26-50(44)62(52(46)54(48)63-53(47)51(45)61)42-22-14-21-40(35-42)57-59-55(38-17-6-2-7-18-38)58-56(60-57)39-19-8-3-9-20-39/h1-35H. The highest BCUT2D eigenvalue weighted by atomic mass is 32.1. The fourth-order valence-corrected chi connectivity index (χ4v) is 10.9. The first-order valence-electron chi connectivity index (χ1n) is 21.2. The summed E-state index contributed by atoms with van der Waals surface area (Å²) in [7, 11) is 0. The lowest BCUT2D eigenvalue weighted by molar-refractivity contribution is 1.07. The molecule has 63 heavy (non-hydrogen) atoms. The van der Waals surface area contributed by atoms with Crippen molar-refractivity contribution >= 4 is 75.1 Å². The second-order valence-electron chi connectivity index (χ2n) is 16.0. The van der Waals surface area contributed by atoms with Gasteiger partial charge in [-0.15, -0.1) is 11.3 Å². The lowest BCUT2D eigenvalue weighted by Gasteiger charge is -2.12. The van der Waals surface area contributed by atoms with Crippen LogP contribution in [0.4, 0.5) is 0 Å².